The van der Waals surface area contributed by atoms with E-state index in [-0.39, 0.29) is 11.3 Å². The van der Waals surface area contributed by atoms with Crippen LogP contribution in [0.4, 0.5) is 8.78 Å². The summed E-state index contributed by atoms with van der Waals surface area (Å²) >= 11 is 0. The maximum Gasteiger partial charge on any atom is 0.387 e. The number of benzene rings is 1. The molecule has 0 amide bonds. The topological polar surface area (TPSA) is 42.4 Å². The van der Waals surface area contributed by atoms with Crippen molar-refractivity contribution in [2.75, 3.05) is 0 Å². The van der Waals surface area contributed by atoms with Gasteiger partial charge in [-0.25, -0.2) is 0 Å². The zero-order chi connectivity index (χ0) is 13.8. The van der Waals surface area contributed by atoms with Gasteiger partial charge in [-0.1, -0.05) is 24.3 Å². The molecule has 2 rings (SSSR count). The summed E-state index contributed by atoms with van der Waals surface area (Å²) in [5.41, 5.74) is 1.70. The second-order valence-electron chi connectivity index (χ2n) is 4.11. The fraction of sp³-hybridized carbons (Fsp3) is 0.214. The van der Waals surface area contributed by atoms with Crippen LogP contribution in [-0.2, 0) is 0 Å². The maximum absolute atomic E-state index is 12.3. The van der Waals surface area contributed by atoms with E-state index < -0.39 is 12.7 Å². The molecule has 1 heterocycles. The predicted octanol–water partition coefficient (Wildman–Crippen LogP) is 3.07. The van der Waals surface area contributed by atoms with E-state index in [0.29, 0.717) is 5.56 Å². The van der Waals surface area contributed by atoms with E-state index >= 15 is 0 Å². The number of halogens is 2. The van der Waals surface area contributed by atoms with E-state index in [1.54, 1.807) is 30.5 Å². The number of alkyl halides is 2. The number of nitrogens with zero attached hydrogens (tertiary/aromatic N) is 1. The number of rotatable bonds is 4. The van der Waals surface area contributed by atoms with Crippen molar-refractivity contribution in [1.82, 2.24) is 4.98 Å². The molecule has 0 saturated carbocycles. The Bertz CT molecular complexity index is 561. The number of aliphatic hydroxyl groups is 1. The van der Waals surface area contributed by atoms with Gasteiger partial charge >= 0.3 is 6.61 Å². The highest BCUT2D eigenvalue weighted by Crippen LogP contribution is 2.30. The van der Waals surface area contributed by atoms with Gasteiger partial charge in [0.05, 0.1) is 0 Å². The van der Waals surface area contributed by atoms with Crippen molar-refractivity contribution in [1.29, 1.82) is 0 Å². The third-order valence-corrected chi connectivity index (χ3v) is 2.64. The average Bonchev–Trinajstić information content (AvgIpc) is 2.38. The third kappa shape index (κ3) is 3.26. The fourth-order valence-electron chi connectivity index (χ4n) is 1.82. The van der Waals surface area contributed by atoms with Crippen LogP contribution in [0.15, 0.2) is 42.7 Å². The normalized spacial score (nSPS) is 12.5. The van der Waals surface area contributed by atoms with Crippen LogP contribution in [0.25, 0.3) is 0 Å². The number of pyridine rings is 1. The quantitative estimate of drug-likeness (QED) is 0.923. The van der Waals surface area contributed by atoms with E-state index in [9.17, 15) is 13.9 Å². The molecule has 0 saturated heterocycles. The Labute approximate surface area is 109 Å². The summed E-state index contributed by atoms with van der Waals surface area (Å²) < 4.78 is 29.0. The molecule has 2 aromatic rings. The maximum atomic E-state index is 12.3. The van der Waals surface area contributed by atoms with Crippen LogP contribution in [0.3, 0.4) is 0 Å². The van der Waals surface area contributed by atoms with E-state index in [0.717, 1.165) is 5.56 Å². The van der Waals surface area contributed by atoms with Crippen molar-refractivity contribution in [3.8, 4) is 5.75 Å². The molecule has 1 unspecified atom stereocenters. The standard InChI is InChI=1S/C14H13F2NO2/c1-9-6-10(8-17-7-9)13(18)11-4-2-3-5-12(11)19-14(15)16/h2-8,13-14,18H,1H3. The first-order valence-electron chi connectivity index (χ1n) is 5.71. The minimum absolute atomic E-state index is 0.0356. The monoisotopic (exact) mass is 265 g/mol. The zero-order valence-electron chi connectivity index (χ0n) is 10.3. The number of aliphatic hydroxyl groups excluding tert-OH is 1. The number of ether oxygens (including phenoxy) is 1. The van der Waals surface area contributed by atoms with Gasteiger partial charge in [-0.05, 0) is 18.6 Å². The van der Waals surface area contributed by atoms with Crippen molar-refractivity contribution >= 4 is 0 Å². The molecule has 100 valence electrons. The number of hydrogen-bond acceptors (Lipinski definition) is 3. The van der Waals surface area contributed by atoms with Gasteiger partial charge in [0.25, 0.3) is 0 Å². The molecule has 1 aromatic heterocycles. The number of aryl methyl sites for hydroxylation is 1. The molecule has 0 aliphatic heterocycles. The first kappa shape index (κ1) is 13.4. The lowest BCUT2D eigenvalue weighted by molar-refractivity contribution is -0.0512. The van der Waals surface area contributed by atoms with Gasteiger partial charge in [0.15, 0.2) is 0 Å². The molecule has 1 N–H and O–H groups in total. The van der Waals surface area contributed by atoms with E-state index in [4.69, 9.17) is 0 Å². The van der Waals surface area contributed by atoms with Crippen LogP contribution in [0.2, 0.25) is 0 Å². The smallest absolute Gasteiger partial charge is 0.387 e. The van der Waals surface area contributed by atoms with Crippen LogP contribution in [0, 0.1) is 6.92 Å². The van der Waals surface area contributed by atoms with E-state index in [2.05, 4.69) is 9.72 Å². The van der Waals surface area contributed by atoms with Gasteiger partial charge in [-0.2, -0.15) is 8.78 Å². The SMILES string of the molecule is Cc1cncc(C(O)c2ccccc2OC(F)F)c1. The van der Waals surface area contributed by atoms with Gasteiger partial charge in [-0.3, -0.25) is 4.98 Å². The molecule has 0 aliphatic rings. The molecule has 0 bridgehead atoms. The summed E-state index contributed by atoms with van der Waals surface area (Å²) in [7, 11) is 0. The summed E-state index contributed by atoms with van der Waals surface area (Å²) in [4.78, 5) is 3.97. The zero-order valence-corrected chi connectivity index (χ0v) is 10.3. The Kier molecular flexibility index (Phi) is 4.06. The van der Waals surface area contributed by atoms with Crippen molar-refractivity contribution in [3.05, 3.63) is 59.4 Å². The number of hydrogen-bond donors (Lipinski definition) is 1. The lowest BCUT2D eigenvalue weighted by Gasteiger charge is -2.16. The van der Waals surface area contributed by atoms with Crippen LogP contribution >= 0.6 is 0 Å². The van der Waals surface area contributed by atoms with Crippen LogP contribution in [0.1, 0.15) is 22.8 Å². The highest BCUT2D eigenvalue weighted by Gasteiger charge is 2.17. The van der Waals surface area contributed by atoms with E-state index in [1.165, 1.54) is 12.3 Å². The Balaban J connectivity index is 2.35. The minimum Gasteiger partial charge on any atom is -0.434 e. The summed E-state index contributed by atoms with van der Waals surface area (Å²) in [6.07, 6.45) is 2.09. The summed E-state index contributed by atoms with van der Waals surface area (Å²) in [5, 5.41) is 10.2. The van der Waals surface area contributed by atoms with Crippen molar-refractivity contribution in [2.45, 2.75) is 19.6 Å². The molecule has 0 fully saturated rings. The van der Waals surface area contributed by atoms with Gasteiger partial charge in [0, 0.05) is 23.5 Å². The average molecular weight is 265 g/mol. The Morgan fingerprint density at radius 1 is 1.21 bits per heavy atom. The van der Waals surface area contributed by atoms with Crippen LogP contribution < -0.4 is 4.74 Å². The number of para-hydroxylation sites is 1. The number of aromatic nitrogens is 1. The molecule has 3 nitrogen and oxygen atoms in total. The minimum atomic E-state index is -2.93. The lowest BCUT2D eigenvalue weighted by Crippen LogP contribution is -2.08. The van der Waals surface area contributed by atoms with Crippen molar-refractivity contribution < 1.29 is 18.6 Å². The van der Waals surface area contributed by atoms with Gasteiger partial charge in [-0.15, -0.1) is 0 Å². The molecule has 1 aromatic carbocycles. The highest BCUT2D eigenvalue weighted by molar-refractivity contribution is 5.40. The highest BCUT2D eigenvalue weighted by atomic mass is 19.3. The van der Waals surface area contributed by atoms with Crippen molar-refractivity contribution in [3.63, 3.8) is 0 Å². The summed E-state index contributed by atoms with van der Waals surface area (Å²) in [6, 6.07) is 7.91. The summed E-state index contributed by atoms with van der Waals surface area (Å²) in [5.74, 6) is -0.0356. The first-order chi connectivity index (χ1) is 9.08. The summed E-state index contributed by atoms with van der Waals surface area (Å²) in [6.45, 7) is -1.09. The van der Waals surface area contributed by atoms with Gasteiger partial charge < -0.3 is 9.84 Å². The molecule has 0 aliphatic carbocycles. The fourth-order valence-corrected chi connectivity index (χ4v) is 1.82. The molecule has 5 heteroatoms. The van der Waals surface area contributed by atoms with Gasteiger partial charge in [0.2, 0.25) is 0 Å². The second kappa shape index (κ2) is 5.75. The molecule has 19 heavy (non-hydrogen) atoms. The first-order valence-corrected chi connectivity index (χ1v) is 5.71. The Morgan fingerprint density at radius 3 is 2.63 bits per heavy atom. The van der Waals surface area contributed by atoms with E-state index in [1.807, 2.05) is 6.92 Å². The predicted molar refractivity (Wildman–Crippen MR) is 66.1 cm³/mol. The van der Waals surface area contributed by atoms with Crippen LogP contribution in [-0.4, -0.2) is 16.7 Å². The molecular weight excluding hydrogens is 252 g/mol. The molecule has 1 atom stereocenters. The van der Waals surface area contributed by atoms with Crippen LogP contribution in [0.5, 0.6) is 5.75 Å². The van der Waals surface area contributed by atoms with Crippen molar-refractivity contribution in [2.24, 2.45) is 0 Å². The Morgan fingerprint density at radius 2 is 1.95 bits per heavy atom. The van der Waals surface area contributed by atoms with Gasteiger partial charge in [0.1, 0.15) is 11.9 Å². The largest absolute Gasteiger partial charge is 0.434 e. The molecular formula is C14H13F2NO2. The Hall–Kier alpha value is -2.01. The third-order valence-electron chi connectivity index (χ3n) is 2.64. The lowest BCUT2D eigenvalue weighted by atomic mass is 10.0. The molecule has 0 spiro atoms. The second-order valence-corrected chi connectivity index (χ2v) is 4.11. The molecule has 0 radical (unpaired) electrons.